The molecule has 0 rings (SSSR count). The molecule has 0 aliphatic heterocycles. The molecule has 0 unspecified atom stereocenters. The topological polar surface area (TPSA) is 20.2 Å². The van der Waals surface area contributed by atoms with Gasteiger partial charge in [0, 0.05) is 6.61 Å². The predicted octanol–water partition coefficient (Wildman–Crippen LogP) is 3.37. The van der Waals surface area contributed by atoms with Crippen LogP contribution in [0.15, 0.2) is 0 Å². The first-order chi connectivity index (χ1) is 5.85. The summed E-state index contributed by atoms with van der Waals surface area (Å²) in [5.74, 6) is 0.562. The van der Waals surface area contributed by atoms with Crippen LogP contribution in [-0.2, 0) is 0 Å². The summed E-state index contributed by atoms with van der Waals surface area (Å²) in [6.45, 7) is 4.78. The van der Waals surface area contributed by atoms with Crippen molar-refractivity contribution in [1.82, 2.24) is 0 Å². The lowest BCUT2D eigenvalue weighted by molar-refractivity contribution is 0.211. The fraction of sp³-hybridized carbons (Fsp3) is 1.00. The largest absolute Gasteiger partial charge is 0.396 e. The third-order valence-corrected chi connectivity index (χ3v) is 2.55. The van der Waals surface area contributed by atoms with Crippen molar-refractivity contribution in [2.24, 2.45) is 5.92 Å². The Balaban J connectivity index is 3.06. The van der Waals surface area contributed by atoms with E-state index in [1.165, 1.54) is 38.5 Å². The number of rotatable bonds is 8. The summed E-state index contributed by atoms with van der Waals surface area (Å²) in [6, 6.07) is 0. The summed E-state index contributed by atoms with van der Waals surface area (Å²) >= 11 is 0. The summed E-state index contributed by atoms with van der Waals surface area (Å²) in [5.41, 5.74) is 0. The standard InChI is InChI=1S/C11H24O/c1-3-5-6-7-8-9-11(4-2)10-12/h11-12H,3-10H2,1-2H3/t11-/m0/s1. The molecule has 12 heavy (non-hydrogen) atoms. The minimum Gasteiger partial charge on any atom is -0.396 e. The van der Waals surface area contributed by atoms with E-state index in [1.54, 1.807) is 0 Å². The molecule has 74 valence electrons. The monoisotopic (exact) mass is 172 g/mol. The molecule has 0 bridgehead atoms. The first-order valence-electron chi connectivity index (χ1n) is 5.46. The van der Waals surface area contributed by atoms with Crippen LogP contribution in [0.5, 0.6) is 0 Å². The fourth-order valence-electron chi connectivity index (χ4n) is 1.46. The third kappa shape index (κ3) is 6.66. The molecular weight excluding hydrogens is 148 g/mol. The number of aliphatic hydroxyl groups is 1. The SMILES string of the molecule is CCCCCCC[C@H](CC)CO. The second-order valence-electron chi connectivity index (χ2n) is 3.66. The summed E-state index contributed by atoms with van der Waals surface area (Å²) in [6.07, 6.45) is 9.07. The average Bonchev–Trinajstić information content (AvgIpc) is 2.11. The zero-order valence-electron chi connectivity index (χ0n) is 8.68. The number of hydrogen-bond donors (Lipinski definition) is 1. The molecule has 0 aromatic rings. The van der Waals surface area contributed by atoms with Gasteiger partial charge >= 0.3 is 0 Å². The molecule has 1 nitrogen and oxygen atoms in total. The summed E-state index contributed by atoms with van der Waals surface area (Å²) in [7, 11) is 0. The highest BCUT2D eigenvalue weighted by Gasteiger charge is 2.02. The van der Waals surface area contributed by atoms with Gasteiger partial charge in [-0.1, -0.05) is 52.4 Å². The van der Waals surface area contributed by atoms with Crippen LogP contribution in [0.4, 0.5) is 0 Å². The smallest absolute Gasteiger partial charge is 0.0459 e. The van der Waals surface area contributed by atoms with Gasteiger partial charge in [0.1, 0.15) is 0 Å². The second kappa shape index (κ2) is 9.05. The molecule has 0 radical (unpaired) electrons. The Kier molecular flexibility index (Phi) is 9.02. The molecule has 1 N–H and O–H groups in total. The highest BCUT2D eigenvalue weighted by Crippen LogP contribution is 2.13. The highest BCUT2D eigenvalue weighted by atomic mass is 16.3. The Labute approximate surface area is 77.2 Å². The maximum atomic E-state index is 8.93. The second-order valence-corrected chi connectivity index (χ2v) is 3.66. The van der Waals surface area contributed by atoms with E-state index in [0.29, 0.717) is 12.5 Å². The molecule has 0 aromatic heterocycles. The molecule has 0 saturated carbocycles. The van der Waals surface area contributed by atoms with E-state index in [2.05, 4.69) is 13.8 Å². The van der Waals surface area contributed by atoms with Gasteiger partial charge in [-0.05, 0) is 12.3 Å². The molecular formula is C11H24O. The summed E-state index contributed by atoms with van der Waals surface area (Å²) in [5, 5.41) is 8.93. The van der Waals surface area contributed by atoms with Gasteiger partial charge in [0.25, 0.3) is 0 Å². The Morgan fingerprint density at radius 2 is 1.67 bits per heavy atom. The van der Waals surface area contributed by atoms with Gasteiger partial charge in [0.15, 0.2) is 0 Å². The van der Waals surface area contributed by atoms with Crippen LogP contribution in [0.3, 0.4) is 0 Å². The fourth-order valence-corrected chi connectivity index (χ4v) is 1.46. The number of unbranched alkanes of at least 4 members (excludes halogenated alkanes) is 4. The van der Waals surface area contributed by atoms with Crippen LogP contribution in [-0.4, -0.2) is 11.7 Å². The highest BCUT2D eigenvalue weighted by molar-refractivity contribution is 4.55. The molecule has 0 aliphatic rings. The lowest BCUT2D eigenvalue weighted by Gasteiger charge is -2.10. The maximum Gasteiger partial charge on any atom is 0.0459 e. The Morgan fingerprint density at radius 3 is 2.17 bits per heavy atom. The molecule has 0 amide bonds. The minimum absolute atomic E-state index is 0.379. The van der Waals surface area contributed by atoms with Gasteiger partial charge < -0.3 is 5.11 Å². The molecule has 0 heterocycles. The zero-order chi connectivity index (χ0) is 9.23. The van der Waals surface area contributed by atoms with E-state index in [9.17, 15) is 0 Å². The van der Waals surface area contributed by atoms with E-state index in [0.717, 1.165) is 6.42 Å². The third-order valence-electron chi connectivity index (χ3n) is 2.55. The summed E-state index contributed by atoms with van der Waals surface area (Å²) in [4.78, 5) is 0. The first kappa shape index (κ1) is 12.0. The molecule has 0 spiro atoms. The minimum atomic E-state index is 0.379. The average molecular weight is 172 g/mol. The molecule has 0 aromatic carbocycles. The zero-order valence-corrected chi connectivity index (χ0v) is 8.68. The van der Waals surface area contributed by atoms with Crippen molar-refractivity contribution >= 4 is 0 Å². The molecule has 0 saturated heterocycles. The van der Waals surface area contributed by atoms with Crippen molar-refractivity contribution in [3.05, 3.63) is 0 Å². The van der Waals surface area contributed by atoms with Crippen molar-refractivity contribution in [2.45, 2.75) is 58.8 Å². The number of hydrogen-bond acceptors (Lipinski definition) is 1. The van der Waals surface area contributed by atoms with Crippen LogP contribution in [0, 0.1) is 5.92 Å². The maximum absolute atomic E-state index is 8.93. The van der Waals surface area contributed by atoms with Crippen molar-refractivity contribution < 1.29 is 5.11 Å². The molecule has 0 fully saturated rings. The Hall–Kier alpha value is -0.0400. The molecule has 1 heteroatoms. The van der Waals surface area contributed by atoms with E-state index >= 15 is 0 Å². The normalized spacial score (nSPS) is 13.2. The van der Waals surface area contributed by atoms with Crippen LogP contribution >= 0.6 is 0 Å². The van der Waals surface area contributed by atoms with Crippen molar-refractivity contribution in [1.29, 1.82) is 0 Å². The summed E-state index contributed by atoms with van der Waals surface area (Å²) < 4.78 is 0. The van der Waals surface area contributed by atoms with E-state index in [4.69, 9.17) is 5.11 Å². The quantitative estimate of drug-likeness (QED) is 0.557. The lowest BCUT2D eigenvalue weighted by atomic mass is 9.99. The first-order valence-corrected chi connectivity index (χ1v) is 5.46. The lowest BCUT2D eigenvalue weighted by Crippen LogP contribution is -2.03. The predicted molar refractivity (Wildman–Crippen MR) is 54.2 cm³/mol. The van der Waals surface area contributed by atoms with E-state index in [1.807, 2.05) is 0 Å². The van der Waals surface area contributed by atoms with Crippen LogP contribution in [0.1, 0.15) is 58.8 Å². The molecule has 1 atom stereocenters. The van der Waals surface area contributed by atoms with Crippen LogP contribution < -0.4 is 0 Å². The van der Waals surface area contributed by atoms with E-state index < -0.39 is 0 Å². The van der Waals surface area contributed by atoms with Gasteiger partial charge in [-0.25, -0.2) is 0 Å². The van der Waals surface area contributed by atoms with E-state index in [-0.39, 0.29) is 0 Å². The van der Waals surface area contributed by atoms with Gasteiger partial charge in [-0.3, -0.25) is 0 Å². The van der Waals surface area contributed by atoms with Crippen LogP contribution in [0.25, 0.3) is 0 Å². The van der Waals surface area contributed by atoms with Crippen molar-refractivity contribution in [3.63, 3.8) is 0 Å². The number of aliphatic hydroxyl groups excluding tert-OH is 1. The van der Waals surface area contributed by atoms with Crippen LogP contribution in [0.2, 0.25) is 0 Å². The Morgan fingerprint density at radius 1 is 1.00 bits per heavy atom. The van der Waals surface area contributed by atoms with Gasteiger partial charge in [-0.2, -0.15) is 0 Å². The van der Waals surface area contributed by atoms with Gasteiger partial charge in [0.05, 0.1) is 0 Å². The van der Waals surface area contributed by atoms with Crippen molar-refractivity contribution in [2.75, 3.05) is 6.61 Å². The molecule has 0 aliphatic carbocycles. The van der Waals surface area contributed by atoms with Crippen molar-refractivity contribution in [3.8, 4) is 0 Å². The van der Waals surface area contributed by atoms with Gasteiger partial charge in [0.2, 0.25) is 0 Å². The van der Waals surface area contributed by atoms with Gasteiger partial charge in [-0.15, -0.1) is 0 Å². The Bertz CT molecular complexity index is 77.1.